The normalized spacial score (nSPS) is 17.0. The van der Waals surface area contributed by atoms with Crippen molar-refractivity contribution in [2.75, 3.05) is 0 Å². The predicted octanol–water partition coefficient (Wildman–Crippen LogP) is 0.420. The van der Waals surface area contributed by atoms with Crippen LogP contribution in [0.15, 0.2) is 28.7 Å². The van der Waals surface area contributed by atoms with Crippen molar-refractivity contribution in [2.45, 2.75) is 0 Å². The van der Waals surface area contributed by atoms with Gasteiger partial charge in [0.05, 0.1) is 5.70 Å². The van der Waals surface area contributed by atoms with Crippen molar-refractivity contribution in [2.24, 2.45) is 21.5 Å². The van der Waals surface area contributed by atoms with Crippen LogP contribution in [0.3, 0.4) is 0 Å². The van der Waals surface area contributed by atoms with Gasteiger partial charge in [-0.25, -0.2) is 9.98 Å². The summed E-state index contributed by atoms with van der Waals surface area (Å²) in [5.74, 6) is 0.961. The summed E-state index contributed by atoms with van der Waals surface area (Å²) in [6, 6.07) is 3.64. The number of amidine groups is 3. The van der Waals surface area contributed by atoms with Crippen LogP contribution >= 0.6 is 0 Å². The smallest absolute Gasteiger partial charge is 0.154 e. The van der Waals surface area contributed by atoms with E-state index in [0.717, 1.165) is 16.7 Å². The topological polar surface area (TPSA) is 101 Å². The molecule has 0 saturated carbocycles. The number of nitrogens with one attached hydrogen (secondary N) is 1. The van der Waals surface area contributed by atoms with Gasteiger partial charge in [-0.05, 0) is 12.1 Å². The van der Waals surface area contributed by atoms with Crippen LogP contribution in [0.5, 0.6) is 0 Å². The van der Waals surface area contributed by atoms with E-state index in [-0.39, 0.29) is 5.84 Å². The number of hydrogen-bond acceptors (Lipinski definition) is 4. The van der Waals surface area contributed by atoms with Crippen LogP contribution in [-0.2, 0) is 0 Å². The maximum atomic E-state index is 7.67. The zero-order valence-corrected chi connectivity index (χ0v) is 8.41. The van der Waals surface area contributed by atoms with Crippen molar-refractivity contribution >= 4 is 23.2 Å². The van der Waals surface area contributed by atoms with Gasteiger partial charge in [0.15, 0.2) is 5.84 Å². The van der Waals surface area contributed by atoms with Gasteiger partial charge in [0.1, 0.15) is 11.7 Å². The summed E-state index contributed by atoms with van der Waals surface area (Å²) in [5, 5.41) is 7.67. The molecule has 0 unspecified atom stereocenters. The van der Waals surface area contributed by atoms with E-state index in [2.05, 4.69) is 16.6 Å². The second-order valence-corrected chi connectivity index (χ2v) is 3.73. The summed E-state index contributed by atoms with van der Waals surface area (Å²) in [4.78, 5) is 8.01. The highest BCUT2D eigenvalue weighted by Crippen LogP contribution is 2.30. The summed E-state index contributed by atoms with van der Waals surface area (Å²) in [6.07, 6.45) is 0. The molecular formula is C11H9N5. The van der Waals surface area contributed by atoms with Crippen LogP contribution < -0.4 is 11.5 Å². The minimum atomic E-state index is 0.167. The average Bonchev–Trinajstić information content (AvgIpc) is 2.67. The lowest BCUT2D eigenvalue weighted by atomic mass is 9.98. The van der Waals surface area contributed by atoms with Crippen molar-refractivity contribution in [3.8, 4) is 0 Å². The van der Waals surface area contributed by atoms with Crippen LogP contribution in [0.4, 0.5) is 0 Å². The van der Waals surface area contributed by atoms with Gasteiger partial charge < -0.3 is 11.5 Å². The van der Waals surface area contributed by atoms with E-state index in [1.54, 1.807) is 6.07 Å². The SMILES string of the molecule is C=C1N=C(N)c2cc3c(cc21)C(N)=NC3=N. The fraction of sp³-hybridized carbons (Fsp3) is 0. The van der Waals surface area contributed by atoms with E-state index in [9.17, 15) is 0 Å². The van der Waals surface area contributed by atoms with Gasteiger partial charge in [0.25, 0.3) is 0 Å². The monoisotopic (exact) mass is 211 g/mol. The molecule has 2 aliphatic rings. The van der Waals surface area contributed by atoms with Crippen LogP contribution in [-0.4, -0.2) is 17.5 Å². The van der Waals surface area contributed by atoms with Gasteiger partial charge in [-0.1, -0.05) is 6.58 Å². The largest absolute Gasteiger partial charge is 0.383 e. The number of benzene rings is 1. The van der Waals surface area contributed by atoms with Crippen molar-refractivity contribution in [1.29, 1.82) is 5.41 Å². The summed E-state index contributed by atoms with van der Waals surface area (Å²) in [6.45, 7) is 3.81. The van der Waals surface area contributed by atoms with E-state index in [0.29, 0.717) is 22.9 Å². The number of nitrogens with two attached hydrogens (primary N) is 2. The summed E-state index contributed by atoms with van der Waals surface area (Å²) < 4.78 is 0. The molecule has 1 aromatic carbocycles. The second kappa shape index (κ2) is 2.57. The molecule has 0 saturated heterocycles. The first kappa shape index (κ1) is 8.84. The van der Waals surface area contributed by atoms with Crippen LogP contribution in [0.1, 0.15) is 22.3 Å². The molecule has 0 amide bonds. The molecule has 1 aromatic rings. The Labute approximate surface area is 91.7 Å². The lowest BCUT2D eigenvalue weighted by Gasteiger charge is -2.04. The summed E-state index contributed by atoms with van der Waals surface area (Å²) in [7, 11) is 0. The minimum absolute atomic E-state index is 0.167. The number of fused-ring (bicyclic) bond motifs is 2. The molecule has 0 radical (unpaired) electrons. The van der Waals surface area contributed by atoms with Crippen LogP contribution in [0, 0.1) is 5.41 Å². The quantitative estimate of drug-likeness (QED) is 0.579. The number of rotatable bonds is 0. The maximum Gasteiger partial charge on any atom is 0.154 e. The Balaban J connectivity index is 2.32. The predicted molar refractivity (Wildman–Crippen MR) is 63.8 cm³/mol. The van der Waals surface area contributed by atoms with Gasteiger partial charge in [0, 0.05) is 22.3 Å². The molecule has 0 atom stereocenters. The molecule has 5 nitrogen and oxygen atoms in total. The summed E-state index contributed by atoms with van der Waals surface area (Å²) in [5.41, 5.74) is 15.2. The van der Waals surface area contributed by atoms with Gasteiger partial charge in [-0.15, -0.1) is 0 Å². The Morgan fingerprint density at radius 2 is 1.50 bits per heavy atom. The Morgan fingerprint density at radius 3 is 2.25 bits per heavy atom. The highest BCUT2D eigenvalue weighted by molar-refractivity contribution is 6.23. The van der Waals surface area contributed by atoms with Crippen molar-refractivity contribution in [1.82, 2.24) is 0 Å². The van der Waals surface area contributed by atoms with Gasteiger partial charge in [-0.3, -0.25) is 5.41 Å². The molecule has 0 spiro atoms. The summed E-state index contributed by atoms with van der Waals surface area (Å²) >= 11 is 0. The van der Waals surface area contributed by atoms with E-state index in [4.69, 9.17) is 16.9 Å². The van der Waals surface area contributed by atoms with E-state index >= 15 is 0 Å². The number of nitrogens with zero attached hydrogens (tertiary/aromatic N) is 2. The number of hydrogen-bond donors (Lipinski definition) is 3. The van der Waals surface area contributed by atoms with E-state index in [1.165, 1.54) is 0 Å². The first-order chi connectivity index (χ1) is 7.58. The molecular weight excluding hydrogens is 202 g/mol. The molecule has 2 aliphatic heterocycles. The average molecular weight is 211 g/mol. The van der Waals surface area contributed by atoms with Crippen molar-refractivity contribution < 1.29 is 0 Å². The lowest BCUT2D eigenvalue weighted by molar-refractivity contribution is 1.44. The van der Waals surface area contributed by atoms with Crippen LogP contribution in [0.25, 0.3) is 5.70 Å². The third-order valence-electron chi connectivity index (χ3n) is 2.76. The van der Waals surface area contributed by atoms with Gasteiger partial charge >= 0.3 is 0 Å². The first-order valence-corrected chi connectivity index (χ1v) is 4.73. The Morgan fingerprint density at radius 1 is 0.938 bits per heavy atom. The minimum Gasteiger partial charge on any atom is -0.383 e. The lowest BCUT2D eigenvalue weighted by Crippen LogP contribution is -2.14. The molecule has 0 aromatic heterocycles. The molecule has 2 heterocycles. The van der Waals surface area contributed by atoms with E-state index in [1.807, 2.05) is 6.07 Å². The Hall–Kier alpha value is -2.43. The molecule has 78 valence electrons. The Kier molecular flexibility index (Phi) is 1.42. The van der Waals surface area contributed by atoms with Crippen molar-refractivity contribution in [3.05, 3.63) is 41.0 Å². The fourth-order valence-electron chi connectivity index (χ4n) is 1.96. The van der Waals surface area contributed by atoms with Crippen molar-refractivity contribution in [3.63, 3.8) is 0 Å². The van der Waals surface area contributed by atoms with Gasteiger partial charge in [0.2, 0.25) is 0 Å². The third kappa shape index (κ3) is 0.916. The number of aliphatic imine (C=N–C) groups is 2. The maximum absolute atomic E-state index is 7.67. The molecule has 0 fully saturated rings. The molecule has 0 aliphatic carbocycles. The molecule has 3 rings (SSSR count). The molecule has 0 bridgehead atoms. The fourth-order valence-corrected chi connectivity index (χ4v) is 1.96. The van der Waals surface area contributed by atoms with E-state index < -0.39 is 0 Å². The standard InChI is InChI=1S/C11H9N5/c1-4-5-2-7-8(11(14)16-10(7)13)3-6(5)9(12)15-4/h2-3H,1H2,(H2,12,15)(H3,13,14,16). The third-order valence-corrected chi connectivity index (χ3v) is 2.76. The molecule has 16 heavy (non-hydrogen) atoms. The molecule has 5 N–H and O–H groups in total. The zero-order valence-electron chi connectivity index (χ0n) is 8.41. The second-order valence-electron chi connectivity index (χ2n) is 3.73. The highest BCUT2D eigenvalue weighted by Gasteiger charge is 2.25. The molecule has 5 heteroatoms. The van der Waals surface area contributed by atoms with Gasteiger partial charge in [-0.2, -0.15) is 0 Å². The highest BCUT2D eigenvalue weighted by atomic mass is 14.9. The van der Waals surface area contributed by atoms with Crippen LogP contribution in [0.2, 0.25) is 0 Å². The zero-order chi connectivity index (χ0) is 11.4. The first-order valence-electron chi connectivity index (χ1n) is 4.73. The Bertz CT molecular complexity index is 566.